The number of rotatable bonds is 3. The van der Waals surface area contributed by atoms with Crippen LogP contribution in [-0.4, -0.2) is 21.1 Å². The zero-order valence-electron chi connectivity index (χ0n) is 11.7. The van der Waals surface area contributed by atoms with Gasteiger partial charge in [-0.3, -0.25) is 9.89 Å². The van der Waals surface area contributed by atoms with Crippen LogP contribution in [0.2, 0.25) is 0 Å². The van der Waals surface area contributed by atoms with Crippen molar-refractivity contribution in [3.8, 4) is 0 Å². The Morgan fingerprint density at radius 1 is 1.40 bits per heavy atom. The molecule has 106 valence electrons. The van der Waals surface area contributed by atoms with E-state index in [1.807, 2.05) is 20.8 Å². The van der Waals surface area contributed by atoms with Gasteiger partial charge in [0.25, 0.3) is 5.91 Å². The minimum atomic E-state index is -0.388. The van der Waals surface area contributed by atoms with Crippen molar-refractivity contribution in [3.63, 3.8) is 0 Å². The van der Waals surface area contributed by atoms with Crippen molar-refractivity contribution in [2.24, 2.45) is 0 Å². The highest BCUT2D eigenvalue weighted by atomic mass is 19.1. The van der Waals surface area contributed by atoms with E-state index >= 15 is 0 Å². The summed E-state index contributed by atoms with van der Waals surface area (Å²) >= 11 is 0. The molecular formula is C14H17FN4O. The van der Waals surface area contributed by atoms with Crippen LogP contribution in [0, 0.1) is 5.82 Å². The fourth-order valence-corrected chi connectivity index (χ4v) is 1.61. The highest BCUT2D eigenvalue weighted by Crippen LogP contribution is 2.17. The fraction of sp³-hybridized carbons (Fsp3) is 0.357. The van der Waals surface area contributed by atoms with Crippen molar-refractivity contribution in [1.82, 2.24) is 20.5 Å². The predicted molar refractivity (Wildman–Crippen MR) is 72.7 cm³/mol. The van der Waals surface area contributed by atoms with E-state index in [0.717, 1.165) is 0 Å². The van der Waals surface area contributed by atoms with Crippen molar-refractivity contribution < 1.29 is 9.18 Å². The average Bonchev–Trinajstić information content (AvgIpc) is 2.85. The zero-order chi connectivity index (χ0) is 14.8. The van der Waals surface area contributed by atoms with Gasteiger partial charge in [0.15, 0.2) is 0 Å². The maximum atomic E-state index is 13.0. The van der Waals surface area contributed by atoms with E-state index in [9.17, 15) is 9.18 Å². The number of amides is 1. The highest BCUT2D eigenvalue weighted by Gasteiger charge is 2.21. The molecule has 0 aliphatic rings. The first kappa shape index (κ1) is 14.2. The van der Waals surface area contributed by atoms with Gasteiger partial charge >= 0.3 is 0 Å². The second kappa shape index (κ2) is 5.40. The van der Waals surface area contributed by atoms with Gasteiger partial charge in [-0.05, 0) is 17.7 Å². The van der Waals surface area contributed by atoms with E-state index < -0.39 is 0 Å². The quantitative estimate of drug-likeness (QED) is 0.902. The maximum Gasteiger partial charge on any atom is 0.291 e. The van der Waals surface area contributed by atoms with Crippen molar-refractivity contribution in [2.75, 3.05) is 0 Å². The van der Waals surface area contributed by atoms with Crippen molar-refractivity contribution in [2.45, 2.75) is 32.7 Å². The van der Waals surface area contributed by atoms with Gasteiger partial charge in [0.1, 0.15) is 11.6 Å². The number of carbonyl (C=O) groups is 1. The van der Waals surface area contributed by atoms with Crippen LogP contribution in [0.15, 0.2) is 24.3 Å². The van der Waals surface area contributed by atoms with E-state index in [1.165, 1.54) is 12.1 Å². The Kier molecular flexibility index (Phi) is 3.83. The van der Waals surface area contributed by atoms with Gasteiger partial charge in [0, 0.05) is 12.0 Å². The molecule has 0 unspecified atom stereocenters. The average molecular weight is 276 g/mol. The number of aromatic amines is 1. The van der Waals surface area contributed by atoms with Crippen LogP contribution in [0.25, 0.3) is 0 Å². The summed E-state index contributed by atoms with van der Waals surface area (Å²) in [5, 5.41) is 9.30. The summed E-state index contributed by atoms with van der Waals surface area (Å²) in [5.41, 5.74) is 0.485. The molecule has 20 heavy (non-hydrogen) atoms. The zero-order valence-corrected chi connectivity index (χ0v) is 11.7. The SMILES string of the molecule is CC(C)(C)c1nc(C(=O)NCc2cccc(F)c2)n[nH]1. The maximum absolute atomic E-state index is 13.0. The van der Waals surface area contributed by atoms with Crippen LogP contribution >= 0.6 is 0 Å². The summed E-state index contributed by atoms with van der Waals surface area (Å²) in [6.07, 6.45) is 0. The number of nitrogens with zero attached hydrogens (tertiary/aromatic N) is 2. The summed E-state index contributed by atoms with van der Waals surface area (Å²) < 4.78 is 13.0. The molecule has 2 rings (SSSR count). The number of halogens is 1. The predicted octanol–water partition coefficient (Wildman–Crippen LogP) is 2.17. The Hall–Kier alpha value is -2.24. The topological polar surface area (TPSA) is 70.7 Å². The molecule has 1 heterocycles. The van der Waals surface area contributed by atoms with Crippen LogP contribution < -0.4 is 5.32 Å². The number of benzene rings is 1. The van der Waals surface area contributed by atoms with Crippen molar-refractivity contribution in [3.05, 3.63) is 47.3 Å². The fourth-order valence-electron chi connectivity index (χ4n) is 1.61. The molecule has 0 aliphatic heterocycles. The van der Waals surface area contributed by atoms with Gasteiger partial charge in [0.2, 0.25) is 5.82 Å². The number of hydrogen-bond acceptors (Lipinski definition) is 3. The standard InChI is InChI=1S/C14H17FN4O/c1-14(2,3)13-17-11(18-19-13)12(20)16-8-9-5-4-6-10(15)7-9/h4-7H,8H2,1-3H3,(H,16,20)(H,17,18,19). The van der Waals surface area contributed by atoms with Gasteiger partial charge in [-0.15, -0.1) is 5.10 Å². The summed E-state index contributed by atoms with van der Waals surface area (Å²) in [7, 11) is 0. The smallest absolute Gasteiger partial charge is 0.291 e. The summed E-state index contributed by atoms with van der Waals surface area (Å²) in [6.45, 7) is 6.15. The number of carbonyl (C=O) groups excluding carboxylic acids is 1. The minimum absolute atomic E-state index is 0.0892. The number of hydrogen-bond donors (Lipinski definition) is 2. The lowest BCUT2D eigenvalue weighted by atomic mass is 9.96. The lowest BCUT2D eigenvalue weighted by molar-refractivity contribution is 0.0940. The highest BCUT2D eigenvalue weighted by molar-refractivity contribution is 5.90. The summed E-state index contributed by atoms with van der Waals surface area (Å²) in [4.78, 5) is 16.1. The molecule has 0 fully saturated rings. The molecule has 0 spiro atoms. The molecule has 1 amide bonds. The van der Waals surface area contributed by atoms with Crippen molar-refractivity contribution >= 4 is 5.91 Å². The third-order valence-corrected chi connectivity index (χ3v) is 2.74. The summed E-state index contributed by atoms with van der Waals surface area (Å²) in [6, 6.07) is 6.07. The molecule has 6 heteroatoms. The normalized spacial score (nSPS) is 11.4. The molecular weight excluding hydrogens is 259 g/mol. The number of aromatic nitrogens is 3. The van der Waals surface area contributed by atoms with E-state index in [4.69, 9.17) is 0 Å². The first-order valence-corrected chi connectivity index (χ1v) is 6.32. The second-order valence-corrected chi connectivity index (χ2v) is 5.57. The van der Waals surface area contributed by atoms with Crippen LogP contribution in [0.1, 0.15) is 42.8 Å². The lowest BCUT2D eigenvalue weighted by Gasteiger charge is -2.12. The van der Waals surface area contributed by atoms with E-state index in [-0.39, 0.29) is 29.5 Å². The molecule has 0 saturated carbocycles. The Morgan fingerprint density at radius 3 is 2.75 bits per heavy atom. The largest absolute Gasteiger partial charge is 0.345 e. The monoisotopic (exact) mass is 276 g/mol. The van der Waals surface area contributed by atoms with Gasteiger partial charge in [-0.2, -0.15) is 0 Å². The minimum Gasteiger partial charge on any atom is -0.345 e. The molecule has 2 aromatic rings. The molecule has 5 nitrogen and oxygen atoms in total. The van der Waals surface area contributed by atoms with E-state index in [0.29, 0.717) is 11.4 Å². The Balaban J connectivity index is 2.00. The van der Waals surface area contributed by atoms with Crippen LogP contribution in [0.3, 0.4) is 0 Å². The molecule has 0 saturated heterocycles. The molecule has 0 bridgehead atoms. The van der Waals surface area contributed by atoms with Gasteiger partial charge in [0.05, 0.1) is 0 Å². The molecule has 2 N–H and O–H groups in total. The van der Waals surface area contributed by atoms with E-state index in [1.54, 1.807) is 12.1 Å². The Morgan fingerprint density at radius 2 is 2.15 bits per heavy atom. The van der Waals surface area contributed by atoms with Gasteiger partial charge in [-0.25, -0.2) is 9.37 Å². The van der Waals surface area contributed by atoms with Crippen LogP contribution in [0.4, 0.5) is 4.39 Å². The number of nitrogens with one attached hydrogen (secondary N) is 2. The molecule has 1 aromatic heterocycles. The summed E-state index contributed by atoms with van der Waals surface area (Å²) in [5.74, 6) is 0.0189. The van der Waals surface area contributed by atoms with Crippen LogP contribution in [0.5, 0.6) is 0 Å². The lowest BCUT2D eigenvalue weighted by Crippen LogP contribution is -2.24. The molecule has 0 atom stereocenters. The first-order valence-electron chi connectivity index (χ1n) is 6.32. The number of H-pyrrole nitrogens is 1. The Bertz CT molecular complexity index is 616. The molecule has 0 radical (unpaired) electrons. The van der Waals surface area contributed by atoms with E-state index in [2.05, 4.69) is 20.5 Å². The second-order valence-electron chi connectivity index (χ2n) is 5.57. The van der Waals surface area contributed by atoms with Gasteiger partial charge in [-0.1, -0.05) is 32.9 Å². The van der Waals surface area contributed by atoms with Crippen LogP contribution in [-0.2, 0) is 12.0 Å². The Labute approximate surface area is 116 Å². The first-order chi connectivity index (χ1) is 9.36. The van der Waals surface area contributed by atoms with Crippen molar-refractivity contribution in [1.29, 1.82) is 0 Å². The third-order valence-electron chi connectivity index (χ3n) is 2.74. The third kappa shape index (κ3) is 3.40. The molecule has 1 aromatic carbocycles. The van der Waals surface area contributed by atoms with Gasteiger partial charge < -0.3 is 5.32 Å². The molecule has 0 aliphatic carbocycles.